The van der Waals surface area contributed by atoms with Gasteiger partial charge >= 0.3 is 0 Å². The van der Waals surface area contributed by atoms with Crippen molar-refractivity contribution >= 4 is 5.91 Å². The molecule has 0 radical (unpaired) electrons. The first-order valence-corrected chi connectivity index (χ1v) is 8.61. The van der Waals surface area contributed by atoms with Gasteiger partial charge in [-0.3, -0.25) is 14.9 Å². The summed E-state index contributed by atoms with van der Waals surface area (Å²) in [6.45, 7) is 6.93. The van der Waals surface area contributed by atoms with Gasteiger partial charge in [0.25, 0.3) is 0 Å². The first kappa shape index (κ1) is 17.2. The predicted molar refractivity (Wildman–Crippen MR) is 93.8 cm³/mol. The zero-order valence-electron chi connectivity index (χ0n) is 14.9. The fourth-order valence-electron chi connectivity index (χ4n) is 3.77. The average molecular weight is 337 g/mol. The van der Waals surface area contributed by atoms with Crippen molar-refractivity contribution in [2.45, 2.75) is 44.9 Å². The quantitative estimate of drug-likeness (QED) is 0.933. The van der Waals surface area contributed by atoms with Crippen LogP contribution in [-0.4, -0.2) is 39.1 Å². The lowest BCUT2D eigenvalue weighted by atomic mass is 9.76. The van der Waals surface area contributed by atoms with Crippen molar-refractivity contribution in [3.8, 4) is 6.07 Å². The van der Waals surface area contributed by atoms with E-state index in [9.17, 15) is 10.1 Å². The molecule has 130 valence electrons. The average Bonchev–Trinajstić information content (AvgIpc) is 2.99. The SMILES string of the molecule is Cc1n[nH]c(C)c1C(C)C(=O)N1CCC(C#N)(c2ccccn2)CC1. The van der Waals surface area contributed by atoms with Gasteiger partial charge in [0.1, 0.15) is 5.41 Å². The standard InChI is InChI=1S/C19H23N5O/c1-13(17-14(2)22-23-15(17)3)18(25)24-10-7-19(12-20,8-11-24)16-6-4-5-9-21-16/h4-6,9,13H,7-8,10-11H2,1-3H3,(H,22,23). The van der Waals surface area contributed by atoms with E-state index in [4.69, 9.17) is 0 Å². The highest BCUT2D eigenvalue weighted by atomic mass is 16.2. The van der Waals surface area contributed by atoms with Crippen molar-refractivity contribution in [3.05, 3.63) is 47.0 Å². The van der Waals surface area contributed by atoms with E-state index < -0.39 is 5.41 Å². The van der Waals surface area contributed by atoms with Gasteiger partial charge in [0, 0.05) is 30.5 Å². The third-order valence-corrected chi connectivity index (χ3v) is 5.29. The van der Waals surface area contributed by atoms with Gasteiger partial charge in [-0.25, -0.2) is 0 Å². The largest absolute Gasteiger partial charge is 0.342 e. The molecule has 1 aliphatic rings. The van der Waals surface area contributed by atoms with Crippen LogP contribution in [0.5, 0.6) is 0 Å². The van der Waals surface area contributed by atoms with E-state index in [1.807, 2.05) is 43.9 Å². The maximum absolute atomic E-state index is 12.9. The lowest BCUT2D eigenvalue weighted by Crippen LogP contribution is -2.46. The molecule has 1 fully saturated rings. The number of likely N-dealkylation sites (tertiary alicyclic amines) is 1. The van der Waals surface area contributed by atoms with Crippen LogP contribution in [0.1, 0.15) is 48.3 Å². The van der Waals surface area contributed by atoms with Crippen LogP contribution in [0.25, 0.3) is 0 Å². The lowest BCUT2D eigenvalue weighted by molar-refractivity contribution is -0.133. The Morgan fingerprint density at radius 3 is 2.60 bits per heavy atom. The van der Waals surface area contributed by atoms with Gasteiger partial charge in [0.15, 0.2) is 0 Å². The van der Waals surface area contributed by atoms with Crippen LogP contribution in [0.2, 0.25) is 0 Å². The van der Waals surface area contributed by atoms with E-state index in [1.54, 1.807) is 6.20 Å². The maximum atomic E-state index is 12.9. The number of aromatic nitrogens is 3. The number of aromatic amines is 1. The van der Waals surface area contributed by atoms with Crippen molar-refractivity contribution in [3.63, 3.8) is 0 Å². The third-order valence-electron chi connectivity index (χ3n) is 5.29. The first-order valence-electron chi connectivity index (χ1n) is 8.61. The van der Waals surface area contributed by atoms with Gasteiger partial charge in [0.2, 0.25) is 5.91 Å². The normalized spacial score (nSPS) is 17.8. The van der Waals surface area contributed by atoms with Crippen LogP contribution < -0.4 is 0 Å². The number of carbonyl (C=O) groups excluding carboxylic acids is 1. The molecule has 1 aliphatic heterocycles. The van der Waals surface area contributed by atoms with Crippen molar-refractivity contribution in [2.75, 3.05) is 13.1 Å². The van der Waals surface area contributed by atoms with Gasteiger partial charge in [0.05, 0.1) is 23.4 Å². The molecule has 0 spiro atoms. The van der Waals surface area contributed by atoms with E-state index in [2.05, 4.69) is 21.3 Å². The first-order chi connectivity index (χ1) is 12.0. The number of nitrogens with one attached hydrogen (secondary N) is 1. The Kier molecular flexibility index (Phi) is 4.58. The van der Waals surface area contributed by atoms with Crippen LogP contribution in [0, 0.1) is 25.2 Å². The van der Waals surface area contributed by atoms with Crippen molar-refractivity contribution in [1.29, 1.82) is 5.26 Å². The molecule has 6 nitrogen and oxygen atoms in total. The molecule has 2 aromatic rings. The topological polar surface area (TPSA) is 85.7 Å². The van der Waals surface area contributed by atoms with Crippen molar-refractivity contribution < 1.29 is 4.79 Å². The van der Waals surface area contributed by atoms with E-state index in [1.165, 1.54) is 0 Å². The van der Waals surface area contributed by atoms with E-state index in [0.717, 1.165) is 22.6 Å². The number of aryl methyl sites for hydroxylation is 2. The molecule has 1 saturated heterocycles. The summed E-state index contributed by atoms with van der Waals surface area (Å²) in [4.78, 5) is 19.2. The van der Waals surface area contributed by atoms with Crippen LogP contribution in [0.3, 0.4) is 0 Å². The fraction of sp³-hybridized carbons (Fsp3) is 0.474. The minimum atomic E-state index is -0.594. The number of amides is 1. The summed E-state index contributed by atoms with van der Waals surface area (Å²) in [6.07, 6.45) is 2.95. The molecule has 1 N–H and O–H groups in total. The van der Waals surface area contributed by atoms with E-state index in [0.29, 0.717) is 25.9 Å². The maximum Gasteiger partial charge on any atom is 0.229 e. The zero-order valence-corrected chi connectivity index (χ0v) is 14.9. The number of hydrogen-bond acceptors (Lipinski definition) is 4. The Hall–Kier alpha value is -2.68. The molecule has 0 saturated carbocycles. The molecule has 1 amide bonds. The molecule has 0 aliphatic carbocycles. The molecule has 0 aromatic carbocycles. The molecule has 0 bridgehead atoms. The summed E-state index contributed by atoms with van der Waals surface area (Å²) in [5, 5.41) is 16.9. The highest BCUT2D eigenvalue weighted by molar-refractivity contribution is 5.84. The van der Waals surface area contributed by atoms with Gasteiger partial charge < -0.3 is 4.90 Å². The highest BCUT2D eigenvalue weighted by Gasteiger charge is 2.39. The number of rotatable bonds is 3. The molecule has 3 heterocycles. The summed E-state index contributed by atoms with van der Waals surface area (Å²) < 4.78 is 0. The summed E-state index contributed by atoms with van der Waals surface area (Å²) in [6, 6.07) is 8.12. The van der Waals surface area contributed by atoms with Crippen LogP contribution >= 0.6 is 0 Å². The number of H-pyrrole nitrogens is 1. The molecule has 1 atom stereocenters. The second-order valence-electron chi connectivity index (χ2n) is 6.80. The number of pyridine rings is 1. The second kappa shape index (κ2) is 6.67. The minimum absolute atomic E-state index is 0.0974. The minimum Gasteiger partial charge on any atom is -0.342 e. The van der Waals surface area contributed by atoms with Crippen LogP contribution in [-0.2, 0) is 10.2 Å². The summed E-state index contributed by atoms with van der Waals surface area (Å²) >= 11 is 0. The second-order valence-corrected chi connectivity index (χ2v) is 6.80. The smallest absolute Gasteiger partial charge is 0.229 e. The van der Waals surface area contributed by atoms with Crippen LogP contribution in [0.15, 0.2) is 24.4 Å². The number of nitrogens with zero attached hydrogens (tertiary/aromatic N) is 4. The van der Waals surface area contributed by atoms with Gasteiger partial charge in [-0.05, 0) is 45.7 Å². The number of nitriles is 1. The molecule has 3 rings (SSSR count). The van der Waals surface area contributed by atoms with Gasteiger partial charge in [-0.15, -0.1) is 0 Å². The molecular weight excluding hydrogens is 314 g/mol. The van der Waals surface area contributed by atoms with Crippen molar-refractivity contribution in [2.24, 2.45) is 0 Å². The van der Waals surface area contributed by atoms with E-state index in [-0.39, 0.29) is 11.8 Å². The zero-order chi connectivity index (χ0) is 18.0. The number of piperidine rings is 1. The lowest BCUT2D eigenvalue weighted by Gasteiger charge is -2.38. The molecule has 2 aromatic heterocycles. The van der Waals surface area contributed by atoms with Crippen LogP contribution in [0.4, 0.5) is 0 Å². The monoisotopic (exact) mass is 337 g/mol. The van der Waals surface area contributed by atoms with Gasteiger partial charge in [-0.2, -0.15) is 10.4 Å². The fourth-order valence-corrected chi connectivity index (χ4v) is 3.77. The Bertz CT molecular complexity index is 777. The Labute approximate surface area is 147 Å². The summed E-state index contributed by atoms with van der Waals surface area (Å²) in [5.74, 6) is -0.136. The predicted octanol–water partition coefficient (Wildman–Crippen LogP) is 2.61. The molecule has 25 heavy (non-hydrogen) atoms. The van der Waals surface area contributed by atoms with Gasteiger partial charge in [-0.1, -0.05) is 6.07 Å². The van der Waals surface area contributed by atoms with Crippen molar-refractivity contribution in [1.82, 2.24) is 20.1 Å². The number of hydrogen-bond donors (Lipinski definition) is 1. The molecular formula is C19H23N5O. The summed E-state index contributed by atoms with van der Waals surface area (Å²) in [7, 11) is 0. The van der Waals surface area contributed by atoms with E-state index >= 15 is 0 Å². The Morgan fingerprint density at radius 1 is 1.36 bits per heavy atom. The molecule has 1 unspecified atom stereocenters. The number of carbonyl (C=O) groups is 1. The summed E-state index contributed by atoms with van der Waals surface area (Å²) in [5.41, 5.74) is 3.00. The molecule has 6 heteroatoms. The Morgan fingerprint density at radius 2 is 2.08 bits per heavy atom. The highest BCUT2D eigenvalue weighted by Crippen LogP contribution is 2.35. The Balaban J connectivity index is 1.74. The third kappa shape index (κ3) is 3.02.